The number of carboxylic acids is 1. The maximum absolute atomic E-state index is 12.9. The number of nitrogens with one attached hydrogen (secondary N) is 2. The predicted molar refractivity (Wildman–Crippen MR) is 125 cm³/mol. The number of halogens is 3. The number of nitrogens with zero attached hydrogens (tertiary/aromatic N) is 5. The Balaban J connectivity index is 0.000000479. The normalized spacial score (nSPS) is 17.5. The molecule has 3 aromatic rings. The lowest BCUT2D eigenvalue weighted by atomic mass is 9.91. The first-order valence-corrected chi connectivity index (χ1v) is 11.3. The largest absolute Gasteiger partial charge is 0.490 e. The Kier molecular flexibility index (Phi) is 8.31. The van der Waals surface area contributed by atoms with E-state index in [1.165, 1.54) is 15.4 Å². The van der Waals surface area contributed by atoms with Gasteiger partial charge in [0.25, 0.3) is 11.8 Å². The number of carboxylic acid groups (broad SMARTS) is 1. The van der Waals surface area contributed by atoms with Crippen LogP contribution >= 0.6 is 0 Å². The maximum atomic E-state index is 12.9. The summed E-state index contributed by atoms with van der Waals surface area (Å²) >= 11 is 0. The molecule has 16 heteroatoms. The summed E-state index contributed by atoms with van der Waals surface area (Å²) in [7, 11) is 0. The van der Waals surface area contributed by atoms with Gasteiger partial charge in [0.2, 0.25) is 0 Å². The Labute approximate surface area is 208 Å². The molecule has 3 aromatic heterocycles. The Morgan fingerprint density at radius 3 is 2.51 bits per heavy atom. The first-order chi connectivity index (χ1) is 17.4. The molecule has 3 heterocycles. The zero-order chi connectivity index (χ0) is 27.3. The van der Waals surface area contributed by atoms with Crippen molar-refractivity contribution in [2.45, 2.75) is 57.4 Å². The fourth-order valence-electron chi connectivity index (χ4n) is 3.68. The molecule has 0 aliphatic heterocycles. The minimum absolute atomic E-state index is 0.00303. The molecule has 13 nitrogen and oxygen atoms in total. The predicted octanol–water partition coefficient (Wildman–Crippen LogP) is 1.61. The van der Waals surface area contributed by atoms with E-state index in [0.717, 1.165) is 25.7 Å². The van der Waals surface area contributed by atoms with Crippen LogP contribution in [0, 0.1) is 0 Å². The van der Waals surface area contributed by atoms with Crippen molar-refractivity contribution in [3.63, 3.8) is 0 Å². The lowest BCUT2D eigenvalue weighted by molar-refractivity contribution is -0.192. The van der Waals surface area contributed by atoms with Crippen molar-refractivity contribution in [2.24, 2.45) is 11.5 Å². The summed E-state index contributed by atoms with van der Waals surface area (Å²) in [4.78, 5) is 38.0. The monoisotopic (exact) mass is 525 g/mol. The van der Waals surface area contributed by atoms with Gasteiger partial charge in [-0.25, -0.2) is 14.3 Å². The molecule has 37 heavy (non-hydrogen) atoms. The highest BCUT2D eigenvalue weighted by atomic mass is 19.4. The van der Waals surface area contributed by atoms with E-state index in [2.05, 4.69) is 25.8 Å². The van der Waals surface area contributed by atoms with Crippen LogP contribution < -0.4 is 22.1 Å². The summed E-state index contributed by atoms with van der Waals surface area (Å²) in [6, 6.07) is 2.03. The number of amides is 2. The summed E-state index contributed by atoms with van der Waals surface area (Å²) < 4.78 is 34.8. The van der Waals surface area contributed by atoms with E-state index in [1.54, 1.807) is 18.5 Å². The number of hydrogen-bond donors (Lipinski definition) is 5. The number of fused-ring (bicyclic) bond motifs is 1. The number of carbonyl (C=O) groups is 3. The Morgan fingerprint density at radius 2 is 1.92 bits per heavy atom. The van der Waals surface area contributed by atoms with E-state index in [9.17, 15) is 22.8 Å². The fourth-order valence-corrected chi connectivity index (χ4v) is 3.68. The van der Waals surface area contributed by atoms with Crippen LogP contribution in [-0.4, -0.2) is 65.5 Å². The van der Waals surface area contributed by atoms with Crippen molar-refractivity contribution in [1.29, 1.82) is 0 Å². The number of hydrogen-bond acceptors (Lipinski definition) is 8. The second-order valence-corrected chi connectivity index (χ2v) is 8.21. The second kappa shape index (κ2) is 11.2. The van der Waals surface area contributed by atoms with E-state index in [-0.39, 0.29) is 29.0 Å². The molecule has 0 bridgehead atoms. The SMILES string of the molecule is CCn1cc(NC(=O)c2cnn3ccc(N[C@@H]4CCCC[C@@H]4N)nc23)c(C(N)=O)n1.O=C(O)C(F)(F)F. The molecule has 2 atom stereocenters. The molecule has 7 N–H and O–H groups in total. The topological polar surface area (TPSA) is 196 Å². The highest BCUT2D eigenvalue weighted by molar-refractivity contribution is 6.10. The number of aliphatic carboxylic acids is 1. The van der Waals surface area contributed by atoms with Crippen molar-refractivity contribution in [3.05, 3.63) is 35.9 Å². The zero-order valence-corrected chi connectivity index (χ0v) is 19.7. The molecular formula is C21H26F3N9O4. The first-order valence-electron chi connectivity index (χ1n) is 11.3. The number of anilines is 2. The van der Waals surface area contributed by atoms with E-state index in [1.807, 2.05) is 6.92 Å². The lowest BCUT2D eigenvalue weighted by Gasteiger charge is -2.29. The van der Waals surface area contributed by atoms with Gasteiger partial charge >= 0.3 is 12.1 Å². The van der Waals surface area contributed by atoms with Gasteiger partial charge < -0.3 is 27.2 Å². The van der Waals surface area contributed by atoms with Crippen molar-refractivity contribution >= 4 is 34.9 Å². The highest BCUT2D eigenvalue weighted by Crippen LogP contribution is 2.22. The average Bonchev–Trinajstić information content (AvgIpc) is 3.44. The molecule has 1 aliphatic rings. The number of alkyl halides is 3. The fraction of sp³-hybridized carbons (Fsp3) is 0.429. The van der Waals surface area contributed by atoms with Crippen molar-refractivity contribution < 1.29 is 32.7 Å². The van der Waals surface area contributed by atoms with Gasteiger partial charge in [-0.1, -0.05) is 12.8 Å². The third-order valence-corrected chi connectivity index (χ3v) is 5.58. The van der Waals surface area contributed by atoms with Gasteiger partial charge in [-0.05, 0) is 25.8 Å². The molecule has 1 fully saturated rings. The minimum Gasteiger partial charge on any atom is -0.475 e. The van der Waals surface area contributed by atoms with Gasteiger partial charge in [-0.3, -0.25) is 14.3 Å². The molecule has 0 spiro atoms. The zero-order valence-electron chi connectivity index (χ0n) is 19.7. The number of primary amides is 1. The summed E-state index contributed by atoms with van der Waals surface area (Å²) in [5, 5.41) is 21.5. The van der Waals surface area contributed by atoms with Crippen LogP contribution in [0.3, 0.4) is 0 Å². The van der Waals surface area contributed by atoms with Crippen LogP contribution in [0.5, 0.6) is 0 Å². The molecule has 4 rings (SSSR count). The average molecular weight is 525 g/mol. The quantitative estimate of drug-likeness (QED) is 0.318. The molecule has 1 saturated carbocycles. The highest BCUT2D eigenvalue weighted by Gasteiger charge is 2.38. The number of aromatic nitrogens is 5. The van der Waals surface area contributed by atoms with E-state index >= 15 is 0 Å². The molecule has 0 unspecified atom stereocenters. The van der Waals surface area contributed by atoms with Gasteiger partial charge in [0.1, 0.15) is 11.4 Å². The summed E-state index contributed by atoms with van der Waals surface area (Å²) in [5.41, 5.74) is 12.5. The lowest BCUT2D eigenvalue weighted by Crippen LogP contribution is -2.42. The number of carbonyl (C=O) groups excluding carboxylic acids is 2. The number of nitrogens with two attached hydrogens (primary N) is 2. The maximum Gasteiger partial charge on any atom is 0.490 e. The second-order valence-electron chi connectivity index (χ2n) is 8.21. The standard InChI is InChI=1S/C19H25N9O2.C2HF3O2/c1-2-27-10-14(16(26-27)17(21)29)24-19(30)11-9-22-28-8-7-15(25-18(11)28)23-13-6-4-3-5-12(13)20;3-2(4,5)1(6)7/h7-10,12-13H,2-6,20H2,1H3,(H2,21,29)(H,23,25)(H,24,30);(H,6,7)/t12-,13+;/m0./s1. The molecule has 200 valence electrons. The van der Waals surface area contributed by atoms with Crippen LogP contribution in [0.15, 0.2) is 24.7 Å². The van der Waals surface area contributed by atoms with Gasteiger partial charge in [0.05, 0.1) is 11.9 Å². The van der Waals surface area contributed by atoms with Crippen molar-refractivity contribution in [1.82, 2.24) is 24.4 Å². The van der Waals surface area contributed by atoms with Gasteiger partial charge in [-0.2, -0.15) is 23.4 Å². The molecular weight excluding hydrogens is 499 g/mol. The summed E-state index contributed by atoms with van der Waals surface area (Å²) in [5.74, 6) is -3.29. The molecule has 1 aliphatic carbocycles. The van der Waals surface area contributed by atoms with Crippen LogP contribution in [0.1, 0.15) is 53.5 Å². The van der Waals surface area contributed by atoms with Crippen molar-refractivity contribution in [2.75, 3.05) is 10.6 Å². The summed E-state index contributed by atoms with van der Waals surface area (Å²) in [6.07, 6.45) is 3.88. The first kappa shape index (κ1) is 27.4. The van der Waals surface area contributed by atoms with Gasteiger partial charge in [-0.15, -0.1) is 0 Å². The summed E-state index contributed by atoms with van der Waals surface area (Å²) in [6.45, 7) is 2.40. The third kappa shape index (κ3) is 6.72. The third-order valence-electron chi connectivity index (χ3n) is 5.58. The number of aryl methyl sites for hydroxylation is 1. The van der Waals surface area contributed by atoms with Crippen LogP contribution in [0.2, 0.25) is 0 Å². The van der Waals surface area contributed by atoms with E-state index < -0.39 is 24.0 Å². The van der Waals surface area contributed by atoms with Crippen LogP contribution in [0.4, 0.5) is 24.7 Å². The van der Waals surface area contributed by atoms with Gasteiger partial charge in [0.15, 0.2) is 11.3 Å². The van der Waals surface area contributed by atoms with Crippen molar-refractivity contribution in [3.8, 4) is 0 Å². The molecule has 0 saturated heterocycles. The Hall–Kier alpha value is -4.21. The Bertz CT molecular complexity index is 1290. The van der Waals surface area contributed by atoms with E-state index in [4.69, 9.17) is 21.4 Å². The molecule has 0 radical (unpaired) electrons. The van der Waals surface area contributed by atoms with E-state index in [0.29, 0.717) is 18.0 Å². The smallest absolute Gasteiger partial charge is 0.475 e. The molecule has 0 aromatic carbocycles. The van der Waals surface area contributed by atoms with Gasteiger partial charge in [0, 0.05) is 31.0 Å². The Morgan fingerprint density at radius 1 is 1.24 bits per heavy atom. The number of rotatable bonds is 6. The molecule has 2 amide bonds. The van der Waals surface area contributed by atoms with Crippen LogP contribution in [-0.2, 0) is 11.3 Å². The minimum atomic E-state index is -5.08. The van der Waals surface area contributed by atoms with Crippen LogP contribution in [0.25, 0.3) is 5.65 Å².